The van der Waals surface area contributed by atoms with Crippen molar-refractivity contribution >= 4 is 53.2 Å². The summed E-state index contributed by atoms with van der Waals surface area (Å²) < 4.78 is 35.5. The zero-order valence-corrected chi connectivity index (χ0v) is 19.5. The Balaban J connectivity index is 1.99. The first-order chi connectivity index (χ1) is 14.3. The number of rotatable bonds is 6. The van der Waals surface area contributed by atoms with Crippen LogP contribution in [-0.4, -0.2) is 31.0 Å². The number of nitro groups is 1. The van der Waals surface area contributed by atoms with Gasteiger partial charge in [-0.2, -0.15) is 4.72 Å². The van der Waals surface area contributed by atoms with Gasteiger partial charge in [-0.3, -0.25) is 14.9 Å². The number of carbonyl (C=O) groups is 1. The second-order valence-electron chi connectivity index (χ2n) is 8.57. The fourth-order valence-corrected chi connectivity index (χ4v) is 5.56. The molecule has 0 fully saturated rings. The minimum atomic E-state index is -4.02. The number of non-ortho nitro benzene ring substituents is 1. The molecule has 0 bridgehead atoms. The molecule has 1 N–H and O–H groups in total. The minimum Gasteiger partial charge on any atom is -0.459 e. The van der Waals surface area contributed by atoms with Gasteiger partial charge in [-0.1, -0.05) is 13.8 Å². The molecular formula is C21H24N2O6S2. The van der Waals surface area contributed by atoms with Crippen LogP contribution in [-0.2, 0) is 19.6 Å². The number of ether oxygens (including phenoxy) is 1. The quantitative estimate of drug-likeness (QED) is 0.324. The maximum atomic E-state index is 13.1. The number of esters is 1. The summed E-state index contributed by atoms with van der Waals surface area (Å²) >= 11 is 1.35. The average molecular weight is 465 g/mol. The monoisotopic (exact) mass is 464 g/mol. The molecule has 31 heavy (non-hydrogen) atoms. The van der Waals surface area contributed by atoms with Gasteiger partial charge in [0, 0.05) is 32.3 Å². The predicted molar refractivity (Wildman–Crippen MR) is 121 cm³/mol. The van der Waals surface area contributed by atoms with Crippen LogP contribution in [0, 0.1) is 16.0 Å². The number of hydrogen-bond donors (Lipinski definition) is 1. The fourth-order valence-electron chi connectivity index (χ4n) is 3.08. The lowest BCUT2D eigenvalue weighted by Gasteiger charge is -2.26. The third kappa shape index (κ3) is 5.03. The Morgan fingerprint density at radius 3 is 2.35 bits per heavy atom. The van der Waals surface area contributed by atoms with Crippen LogP contribution in [0.5, 0.6) is 0 Å². The topological polar surface area (TPSA) is 116 Å². The van der Waals surface area contributed by atoms with Crippen molar-refractivity contribution in [2.75, 3.05) is 0 Å². The summed E-state index contributed by atoms with van der Waals surface area (Å²) in [7, 11) is -4.02. The number of nitrogens with zero attached hydrogens (tertiary/aromatic N) is 1. The van der Waals surface area contributed by atoms with Gasteiger partial charge in [0.05, 0.1) is 9.82 Å². The van der Waals surface area contributed by atoms with Crippen molar-refractivity contribution in [1.82, 2.24) is 4.72 Å². The van der Waals surface area contributed by atoms with Crippen LogP contribution >= 0.6 is 11.3 Å². The van der Waals surface area contributed by atoms with Gasteiger partial charge in [-0.15, -0.1) is 11.3 Å². The molecule has 0 unspecified atom stereocenters. The van der Waals surface area contributed by atoms with Gasteiger partial charge in [-0.05, 0) is 51.0 Å². The largest absolute Gasteiger partial charge is 0.459 e. The van der Waals surface area contributed by atoms with E-state index in [1.165, 1.54) is 35.6 Å². The highest BCUT2D eigenvalue weighted by Gasteiger charge is 2.32. The molecule has 1 aromatic heterocycles. The minimum absolute atomic E-state index is 0.00672. The van der Waals surface area contributed by atoms with E-state index in [0.29, 0.717) is 10.1 Å². The number of hydrogen-bond acceptors (Lipinski definition) is 7. The highest BCUT2D eigenvalue weighted by atomic mass is 32.2. The van der Waals surface area contributed by atoms with Crippen molar-refractivity contribution < 1.29 is 22.9 Å². The van der Waals surface area contributed by atoms with Crippen LogP contribution < -0.4 is 4.72 Å². The number of sulfonamides is 1. The zero-order valence-electron chi connectivity index (χ0n) is 17.8. The Morgan fingerprint density at radius 1 is 1.10 bits per heavy atom. The zero-order chi connectivity index (χ0) is 23.1. The lowest BCUT2D eigenvalue weighted by molar-refractivity contribution is -0.384. The molecule has 10 heteroatoms. The molecule has 0 saturated heterocycles. The van der Waals surface area contributed by atoms with Crippen LogP contribution in [0.2, 0.25) is 0 Å². The number of nitro benzene ring substituents is 1. The van der Waals surface area contributed by atoms with Crippen LogP contribution in [0.3, 0.4) is 0 Å². The molecule has 0 radical (unpaired) electrons. The highest BCUT2D eigenvalue weighted by molar-refractivity contribution is 7.89. The van der Waals surface area contributed by atoms with Gasteiger partial charge in [0.2, 0.25) is 10.0 Å². The van der Waals surface area contributed by atoms with Gasteiger partial charge in [-0.25, -0.2) is 8.42 Å². The van der Waals surface area contributed by atoms with Gasteiger partial charge >= 0.3 is 5.97 Å². The van der Waals surface area contributed by atoms with E-state index in [2.05, 4.69) is 4.72 Å². The lowest BCUT2D eigenvalue weighted by atomic mass is 10.1. The SMILES string of the molecule is CC(C)[C@@H](NS(=O)(=O)c1ccc2sc3cc([N+](=O)[O-])ccc3c2c1)C(=O)OC(C)(C)C. The summed E-state index contributed by atoms with van der Waals surface area (Å²) in [6.45, 7) is 8.63. The Bertz CT molecular complexity index is 1270. The number of carbonyl (C=O) groups excluding carboxylic acids is 1. The Kier molecular flexibility index (Phi) is 6.09. The average Bonchev–Trinajstić information content (AvgIpc) is 3.01. The van der Waals surface area contributed by atoms with Crippen LogP contribution in [0.15, 0.2) is 41.3 Å². The summed E-state index contributed by atoms with van der Waals surface area (Å²) in [5.41, 5.74) is -0.766. The van der Waals surface area contributed by atoms with Gasteiger partial charge in [0.15, 0.2) is 0 Å². The summed E-state index contributed by atoms with van der Waals surface area (Å²) in [4.78, 5) is 23.1. The molecular weight excluding hydrogens is 440 g/mol. The standard InChI is InChI=1S/C21H24N2O6S2/c1-12(2)19(20(24)29-21(3,4)5)22-31(27,28)14-7-9-17-16(11-14)15-8-6-13(23(25)26)10-18(15)30-17/h6-12,19,22H,1-5H3/t19-/m1/s1. The molecule has 8 nitrogen and oxygen atoms in total. The number of fused-ring (bicyclic) bond motifs is 3. The number of benzene rings is 2. The molecule has 0 amide bonds. The molecule has 0 aliphatic carbocycles. The van der Waals surface area contributed by atoms with Gasteiger partial charge in [0.1, 0.15) is 11.6 Å². The Morgan fingerprint density at radius 2 is 1.77 bits per heavy atom. The second kappa shape index (κ2) is 8.18. The van der Waals surface area contributed by atoms with Crippen LogP contribution in [0.1, 0.15) is 34.6 Å². The first-order valence-electron chi connectivity index (χ1n) is 9.64. The molecule has 3 aromatic rings. The predicted octanol–water partition coefficient (Wildman–Crippen LogP) is 4.61. The van der Waals surface area contributed by atoms with E-state index in [1.807, 2.05) is 0 Å². The van der Waals surface area contributed by atoms with Crippen molar-refractivity contribution in [3.05, 3.63) is 46.5 Å². The maximum absolute atomic E-state index is 13.1. The van der Waals surface area contributed by atoms with Crippen molar-refractivity contribution in [2.24, 2.45) is 5.92 Å². The smallest absolute Gasteiger partial charge is 0.324 e. The lowest BCUT2D eigenvalue weighted by Crippen LogP contribution is -2.47. The van der Waals surface area contributed by atoms with E-state index in [0.717, 1.165) is 10.1 Å². The highest BCUT2D eigenvalue weighted by Crippen LogP contribution is 2.37. The summed E-state index contributed by atoms with van der Waals surface area (Å²) in [5, 5.41) is 12.4. The number of nitrogens with one attached hydrogen (secondary N) is 1. The third-order valence-corrected chi connectivity index (χ3v) is 7.13. The van der Waals surface area contributed by atoms with Crippen molar-refractivity contribution in [3.63, 3.8) is 0 Å². The maximum Gasteiger partial charge on any atom is 0.324 e. The van der Waals surface area contributed by atoms with Crippen molar-refractivity contribution in [2.45, 2.75) is 51.2 Å². The second-order valence-corrected chi connectivity index (χ2v) is 11.4. The first kappa shape index (κ1) is 23.1. The van der Waals surface area contributed by atoms with E-state index in [-0.39, 0.29) is 16.5 Å². The molecule has 0 aliphatic heterocycles. The summed E-state index contributed by atoms with van der Waals surface area (Å²) in [6.07, 6.45) is 0. The van der Waals surface area contributed by atoms with Gasteiger partial charge < -0.3 is 4.74 Å². The molecule has 2 aromatic carbocycles. The molecule has 3 rings (SSSR count). The molecule has 0 spiro atoms. The normalized spacial score (nSPS) is 13.6. The number of thiophene rings is 1. The van der Waals surface area contributed by atoms with Crippen LogP contribution in [0.25, 0.3) is 20.2 Å². The summed E-state index contributed by atoms with van der Waals surface area (Å²) in [5.74, 6) is -0.962. The van der Waals surface area contributed by atoms with Gasteiger partial charge in [0.25, 0.3) is 5.69 Å². The van der Waals surface area contributed by atoms with E-state index in [1.54, 1.807) is 46.8 Å². The third-order valence-electron chi connectivity index (χ3n) is 4.56. The van der Waals surface area contributed by atoms with Crippen molar-refractivity contribution in [3.8, 4) is 0 Å². The molecule has 166 valence electrons. The fraction of sp³-hybridized carbons (Fsp3) is 0.381. The van der Waals surface area contributed by atoms with E-state index in [4.69, 9.17) is 4.74 Å². The molecule has 1 heterocycles. The summed E-state index contributed by atoms with van der Waals surface area (Å²) in [6, 6.07) is 8.10. The molecule has 0 saturated carbocycles. The Labute approximate surface area is 184 Å². The van der Waals surface area contributed by atoms with E-state index >= 15 is 0 Å². The van der Waals surface area contributed by atoms with E-state index < -0.39 is 32.6 Å². The van der Waals surface area contributed by atoms with Crippen LogP contribution in [0.4, 0.5) is 5.69 Å². The van der Waals surface area contributed by atoms with Crippen molar-refractivity contribution in [1.29, 1.82) is 0 Å². The Hall–Kier alpha value is -2.56. The molecule has 0 aliphatic rings. The van der Waals surface area contributed by atoms with E-state index in [9.17, 15) is 23.3 Å². The molecule has 1 atom stereocenters. The first-order valence-corrected chi connectivity index (χ1v) is 11.9.